The van der Waals surface area contributed by atoms with Crippen LogP contribution < -0.4 is 4.90 Å². The number of aromatic nitrogens is 4. The van der Waals surface area contributed by atoms with E-state index < -0.39 is 0 Å². The van der Waals surface area contributed by atoms with Crippen LogP contribution in [0.1, 0.15) is 39.3 Å². The Morgan fingerprint density at radius 2 is 1.62 bits per heavy atom. The number of nitrogens with zero attached hydrogens (tertiary/aromatic N) is 7. The van der Waals surface area contributed by atoms with E-state index in [0.29, 0.717) is 56.0 Å². The maximum Gasteiger partial charge on any atom is 0.261 e. The number of anilines is 1. The van der Waals surface area contributed by atoms with Crippen molar-refractivity contribution in [3.63, 3.8) is 0 Å². The predicted molar refractivity (Wildman–Crippen MR) is 124 cm³/mol. The van der Waals surface area contributed by atoms with Gasteiger partial charge in [-0.3, -0.25) is 19.3 Å². The van der Waals surface area contributed by atoms with Crippen LogP contribution in [0.2, 0.25) is 0 Å². The fourth-order valence-corrected chi connectivity index (χ4v) is 4.35. The quantitative estimate of drug-likeness (QED) is 0.517. The highest BCUT2D eigenvalue weighted by molar-refractivity contribution is 6.21. The smallest absolute Gasteiger partial charge is 0.261 e. The van der Waals surface area contributed by atoms with E-state index in [1.807, 2.05) is 30.2 Å². The molecule has 174 valence electrons. The summed E-state index contributed by atoms with van der Waals surface area (Å²) in [4.78, 5) is 51.5. The Kier molecular flexibility index (Phi) is 5.79. The van der Waals surface area contributed by atoms with Crippen LogP contribution in [0.25, 0.3) is 5.82 Å². The van der Waals surface area contributed by atoms with Gasteiger partial charge in [0.25, 0.3) is 11.8 Å². The van der Waals surface area contributed by atoms with Crippen LogP contribution in [-0.4, -0.2) is 80.0 Å². The van der Waals surface area contributed by atoms with Crippen molar-refractivity contribution in [1.29, 1.82) is 0 Å². The van der Waals surface area contributed by atoms with Gasteiger partial charge < -0.3 is 9.80 Å². The molecule has 10 nitrogen and oxygen atoms in total. The molecule has 3 amide bonds. The van der Waals surface area contributed by atoms with Crippen LogP contribution in [0.3, 0.4) is 0 Å². The van der Waals surface area contributed by atoms with E-state index >= 15 is 0 Å². The summed E-state index contributed by atoms with van der Waals surface area (Å²) in [5.41, 5.74) is 1.78. The average molecular weight is 460 g/mol. The topological polar surface area (TPSA) is 105 Å². The van der Waals surface area contributed by atoms with Gasteiger partial charge in [0.15, 0.2) is 5.82 Å². The zero-order valence-corrected chi connectivity index (χ0v) is 18.9. The van der Waals surface area contributed by atoms with Gasteiger partial charge in [-0.2, -0.15) is 5.10 Å². The Morgan fingerprint density at radius 1 is 0.941 bits per heavy atom. The molecule has 0 saturated carbocycles. The molecule has 0 unspecified atom stereocenters. The summed E-state index contributed by atoms with van der Waals surface area (Å²) in [6, 6.07) is 10.6. The maximum atomic E-state index is 12.7. The summed E-state index contributed by atoms with van der Waals surface area (Å²) in [5, 5.41) is 4.39. The fourth-order valence-electron chi connectivity index (χ4n) is 4.35. The third-order valence-corrected chi connectivity index (χ3v) is 6.20. The predicted octanol–water partition coefficient (Wildman–Crippen LogP) is 1.70. The lowest BCUT2D eigenvalue weighted by molar-refractivity contribution is -0.131. The van der Waals surface area contributed by atoms with Crippen LogP contribution in [0.15, 0.2) is 48.9 Å². The molecule has 10 heteroatoms. The number of aryl methyl sites for hydroxylation is 1. The molecular formula is C24H25N7O3. The minimum Gasteiger partial charge on any atom is -0.353 e. The molecule has 0 spiro atoms. The van der Waals surface area contributed by atoms with Gasteiger partial charge in [-0.25, -0.2) is 14.6 Å². The molecule has 0 atom stereocenters. The first-order valence-electron chi connectivity index (χ1n) is 11.3. The van der Waals surface area contributed by atoms with Gasteiger partial charge in [-0.05, 0) is 31.5 Å². The number of benzene rings is 1. The molecular weight excluding hydrogens is 434 g/mol. The summed E-state index contributed by atoms with van der Waals surface area (Å²) < 4.78 is 1.72. The van der Waals surface area contributed by atoms with E-state index in [9.17, 15) is 14.4 Å². The molecule has 34 heavy (non-hydrogen) atoms. The van der Waals surface area contributed by atoms with Crippen molar-refractivity contribution in [2.24, 2.45) is 0 Å². The Bertz CT molecular complexity index is 1210. The third kappa shape index (κ3) is 4.14. The molecule has 0 N–H and O–H groups in total. The molecule has 2 aliphatic heterocycles. The number of imide groups is 1. The minimum atomic E-state index is -0.281. The first-order chi connectivity index (χ1) is 16.5. The van der Waals surface area contributed by atoms with Crippen molar-refractivity contribution in [3.05, 3.63) is 65.7 Å². The Hall–Kier alpha value is -4.08. The van der Waals surface area contributed by atoms with E-state index in [0.717, 1.165) is 11.5 Å². The van der Waals surface area contributed by atoms with E-state index in [2.05, 4.69) is 20.0 Å². The number of carbonyl (C=O) groups excluding carboxylic acids is 3. The van der Waals surface area contributed by atoms with Crippen molar-refractivity contribution in [3.8, 4) is 5.82 Å². The number of hydrogen-bond donors (Lipinski definition) is 0. The molecule has 1 aromatic carbocycles. The molecule has 0 radical (unpaired) electrons. The highest BCUT2D eigenvalue weighted by atomic mass is 16.2. The number of carbonyl (C=O) groups is 3. The van der Waals surface area contributed by atoms with Gasteiger partial charge in [0.2, 0.25) is 5.91 Å². The van der Waals surface area contributed by atoms with Crippen molar-refractivity contribution in [2.75, 3.05) is 37.6 Å². The summed E-state index contributed by atoms with van der Waals surface area (Å²) in [7, 11) is 0. The monoisotopic (exact) mass is 459 g/mol. The third-order valence-electron chi connectivity index (χ3n) is 6.20. The standard InChI is InChI=1S/C24H25N7O3/c1-17-8-10-31(27-17)21-15-20(25-16-26-21)28-11-13-29(14-12-28)22(32)7-4-9-30-23(33)18-5-2-3-6-19(18)24(30)34/h2-3,5-6,8,10,15-16H,4,7,9,11-14H2,1H3. The first-order valence-corrected chi connectivity index (χ1v) is 11.3. The number of piperazine rings is 1. The second-order valence-electron chi connectivity index (χ2n) is 8.42. The fraction of sp³-hybridized carbons (Fsp3) is 0.333. The lowest BCUT2D eigenvalue weighted by Gasteiger charge is -2.35. The minimum absolute atomic E-state index is 0.0339. The van der Waals surface area contributed by atoms with Crippen LogP contribution in [-0.2, 0) is 4.79 Å². The lowest BCUT2D eigenvalue weighted by atomic mass is 10.1. The van der Waals surface area contributed by atoms with Crippen LogP contribution in [0.4, 0.5) is 5.82 Å². The second kappa shape index (κ2) is 9.05. The van der Waals surface area contributed by atoms with Crippen LogP contribution in [0, 0.1) is 6.92 Å². The van der Waals surface area contributed by atoms with E-state index in [1.165, 1.54) is 11.2 Å². The summed E-state index contributed by atoms with van der Waals surface area (Å²) >= 11 is 0. The van der Waals surface area contributed by atoms with Crippen molar-refractivity contribution < 1.29 is 14.4 Å². The van der Waals surface area contributed by atoms with Gasteiger partial charge in [0.05, 0.1) is 16.8 Å². The molecule has 2 aromatic heterocycles. The first kappa shape index (κ1) is 21.7. The molecule has 2 aliphatic rings. The number of fused-ring (bicyclic) bond motifs is 1. The maximum absolute atomic E-state index is 12.7. The molecule has 1 saturated heterocycles. The second-order valence-corrected chi connectivity index (χ2v) is 8.42. The Morgan fingerprint density at radius 3 is 2.26 bits per heavy atom. The summed E-state index contributed by atoms with van der Waals surface area (Å²) in [6.07, 6.45) is 4.13. The zero-order valence-electron chi connectivity index (χ0n) is 18.9. The molecule has 0 bridgehead atoms. The lowest BCUT2D eigenvalue weighted by Crippen LogP contribution is -2.49. The molecule has 5 rings (SSSR count). The van der Waals surface area contributed by atoms with Gasteiger partial charge in [0.1, 0.15) is 12.1 Å². The molecule has 3 aromatic rings. The van der Waals surface area contributed by atoms with Crippen molar-refractivity contribution in [1.82, 2.24) is 29.5 Å². The molecule has 0 aliphatic carbocycles. The average Bonchev–Trinajstić information content (AvgIpc) is 3.41. The van der Waals surface area contributed by atoms with Crippen LogP contribution in [0.5, 0.6) is 0 Å². The summed E-state index contributed by atoms with van der Waals surface area (Å²) in [6.45, 7) is 4.68. The van der Waals surface area contributed by atoms with Gasteiger partial charge in [-0.15, -0.1) is 0 Å². The number of hydrogen-bond acceptors (Lipinski definition) is 7. The van der Waals surface area contributed by atoms with Gasteiger partial charge in [0, 0.05) is 51.4 Å². The zero-order chi connectivity index (χ0) is 23.7. The van der Waals surface area contributed by atoms with Gasteiger partial charge >= 0.3 is 0 Å². The SMILES string of the molecule is Cc1ccn(-c2cc(N3CCN(C(=O)CCCN4C(=O)c5ccccc5C4=O)CC3)ncn2)n1. The van der Waals surface area contributed by atoms with Gasteiger partial charge in [-0.1, -0.05) is 12.1 Å². The van der Waals surface area contributed by atoms with E-state index in [1.54, 1.807) is 28.9 Å². The molecule has 4 heterocycles. The number of rotatable bonds is 6. The van der Waals surface area contributed by atoms with E-state index in [-0.39, 0.29) is 24.3 Å². The molecule has 1 fully saturated rings. The highest BCUT2D eigenvalue weighted by Crippen LogP contribution is 2.23. The number of amides is 3. The largest absolute Gasteiger partial charge is 0.353 e. The van der Waals surface area contributed by atoms with E-state index in [4.69, 9.17) is 0 Å². The Balaban J connectivity index is 1.12. The van der Waals surface area contributed by atoms with Crippen LogP contribution >= 0.6 is 0 Å². The van der Waals surface area contributed by atoms with Crippen molar-refractivity contribution >= 4 is 23.5 Å². The van der Waals surface area contributed by atoms with Crippen molar-refractivity contribution in [2.45, 2.75) is 19.8 Å². The summed E-state index contributed by atoms with van der Waals surface area (Å²) in [5.74, 6) is 0.972. The normalized spacial score (nSPS) is 15.7. The highest BCUT2D eigenvalue weighted by Gasteiger charge is 2.34. The Labute approximate surface area is 196 Å².